The second-order valence-corrected chi connectivity index (χ2v) is 4.55. The Bertz CT molecular complexity index is 324. The van der Waals surface area contributed by atoms with Gasteiger partial charge in [0.15, 0.2) is 0 Å². The molecule has 17 heavy (non-hydrogen) atoms. The number of likely N-dealkylation sites (tertiary alicyclic amines) is 1. The van der Waals surface area contributed by atoms with Crippen LogP contribution in [0, 0.1) is 5.92 Å². The van der Waals surface area contributed by atoms with E-state index in [0.717, 1.165) is 0 Å². The summed E-state index contributed by atoms with van der Waals surface area (Å²) >= 11 is 0. The molecule has 0 saturated carbocycles. The number of ketones is 1. The first-order chi connectivity index (χ1) is 7.91. The highest BCUT2D eigenvalue weighted by Gasteiger charge is 2.32. The summed E-state index contributed by atoms with van der Waals surface area (Å²) in [6.07, 6.45) is 0.379. The first-order valence-corrected chi connectivity index (χ1v) is 5.90. The van der Waals surface area contributed by atoms with Crippen LogP contribution in [0.2, 0.25) is 0 Å². The van der Waals surface area contributed by atoms with Crippen molar-refractivity contribution in [3.8, 4) is 0 Å². The van der Waals surface area contributed by atoms with Gasteiger partial charge in [0.2, 0.25) is 5.91 Å². The number of carbonyl (C=O) groups excluding carboxylic acids is 3. The van der Waals surface area contributed by atoms with Crippen molar-refractivity contribution in [3.63, 3.8) is 0 Å². The van der Waals surface area contributed by atoms with Crippen LogP contribution >= 0.6 is 0 Å². The van der Waals surface area contributed by atoms with Crippen molar-refractivity contribution in [2.75, 3.05) is 13.1 Å². The second kappa shape index (κ2) is 5.80. The van der Waals surface area contributed by atoms with Crippen molar-refractivity contribution in [2.24, 2.45) is 5.92 Å². The predicted molar refractivity (Wildman–Crippen MR) is 61.2 cm³/mol. The van der Waals surface area contributed by atoms with Gasteiger partial charge in [0, 0.05) is 26.4 Å². The van der Waals surface area contributed by atoms with Gasteiger partial charge < -0.3 is 9.64 Å². The van der Waals surface area contributed by atoms with Gasteiger partial charge in [0.25, 0.3) is 0 Å². The molecule has 1 fully saturated rings. The fourth-order valence-electron chi connectivity index (χ4n) is 1.86. The Morgan fingerprint density at radius 2 is 2.00 bits per heavy atom. The summed E-state index contributed by atoms with van der Waals surface area (Å²) < 4.78 is 5.05. The largest absolute Gasteiger partial charge is 0.462 e. The van der Waals surface area contributed by atoms with Gasteiger partial charge in [-0.2, -0.15) is 0 Å². The van der Waals surface area contributed by atoms with Crippen molar-refractivity contribution < 1.29 is 19.1 Å². The van der Waals surface area contributed by atoms with Crippen LogP contribution < -0.4 is 0 Å². The van der Waals surface area contributed by atoms with Crippen LogP contribution in [0.5, 0.6) is 0 Å². The number of hydrogen-bond acceptors (Lipinski definition) is 4. The highest BCUT2D eigenvalue weighted by atomic mass is 16.5. The molecule has 0 aliphatic carbocycles. The molecule has 1 atom stereocenters. The minimum absolute atomic E-state index is 0.0596. The minimum atomic E-state index is -0.707. The Labute approximate surface area is 101 Å². The zero-order valence-corrected chi connectivity index (χ0v) is 10.6. The molecular formula is C12H19NO4. The van der Waals surface area contributed by atoms with E-state index in [1.807, 2.05) is 0 Å². The zero-order valence-electron chi connectivity index (χ0n) is 10.6. The Balaban J connectivity index is 2.65. The number of amides is 1. The quantitative estimate of drug-likeness (QED) is 0.529. The van der Waals surface area contributed by atoms with E-state index in [1.54, 1.807) is 18.7 Å². The maximum Gasteiger partial charge on any atom is 0.316 e. The third kappa shape index (κ3) is 3.84. The molecular weight excluding hydrogens is 222 g/mol. The molecule has 1 aliphatic rings. The van der Waals surface area contributed by atoms with Crippen LogP contribution in [0.1, 0.15) is 33.6 Å². The summed E-state index contributed by atoms with van der Waals surface area (Å²) in [6, 6.07) is 0. The highest BCUT2D eigenvalue weighted by Crippen LogP contribution is 2.16. The molecule has 0 bridgehead atoms. The molecule has 1 rings (SSSR count). The first kappa shape index (κ1) is 13.7. The summed E-state index contributed by atoms with van der Waals surface area (Å²) in [6.45, 7) is 5.82. The van der Waals surface area contributed by atoms with Crippen LogP contribution in [0.4, 0.5) is 0 Å². The monoisotopic (exact) mass is 241 g/mol. The van der Waals surface area contributed by atoms with E-state index < -0.39 is 11.9 Å². The lowest BCUT2D eigenvalue weighted by Crippen LogP contribution is -2.30. The van der Waals surface area contributed by atoms with Gasteiger partial charge in [-0.05, 0) is 20.3 Å². The van der Waals surface area contributed by atoms with Crippen LogP contribution in [-0.2, 0) is 19.1 Å². The van der Waals surface area contributed by atoms with Crippen molar-refractivity contribution in [3.05, 3.63) is 0 Å². The van der Waals surface area contributed by atoms with Crippen molar-refractivity contribution in [2.45, 2.75) is 39.7 Å². The van der Waals surface area contributed by atoms with E-state index in [4.69, 9.17) is 4.74 Å². The van der Waals surface area contributed by atoms with Crippen LogP contribution in [0.3, 0.4) is 0 Å². The lowest BCUT2D eigenvalue weighted by Gasteiger charge is -2.17. The fourth-order valence-corrected chi connectivity index (χ4v) is 1.86. The Morgan fingerprint density at radius 1 is 1.35 bits per heavy atom. The predicted octanol–water partition coefficient (Wildman–Crippen LogP) is 0.766. The molecule has 1 saturated heterocycles. The minimum Gasteiger partial charge on any atom is -0.462 e. The van der Waals surface area contributed by atoms with Gasteiger partial charge in [0.1, 0.15) is 11.7 Å². The van der Waals surface area contributed by atoms with Crippen LogP contribution in [0.25, 0.3) is 0 Å². The molecule has 1 unspecified atom stereocenters. The molecule has 0 aromatic rings. The average molecular weight is 241 g/mol. The van der Waals surface area contributed by atoms with E-state index in [2.05, 4.69) is 0 Å². The average Bonchev–Trinajstić information content (AvgIpc) is 2.39. The Hall–Kier alpha value is -1.39. The fraction of sp³-hybridized carbons (Fsp3) is 0.750. The summed E-state index contributed by atoms with van der Waals surface area (Å²) in [5.41, 5.74) is 0. The zero-order chi connectivity index (χ0) is 13.0. The van der Waals surface area contributed by atoms with Gasteiger partial charge in [0.05, 0.1) is 6.10 Å². The third-order valence-corrected chi connectivity index (χ3v) is 2.79. The lowest BCUT2D eigenvalue weighted by molar-refractivity contribution is -0.155. The van der Waals surface area contributed by atoms with E-state index in [1.165, 1.54) is 6.92 Å². The van der Waals surface area contributed by atoms with E-state index >= 15 is 0 Å². The number of rotatable bonds is 2. The summed E-state index contributed by atoms with van der Waals surface area (Å²) in [5.74, 6) is -1.35. The van der Waals surface area contributed by atoms with Crippen LogP contribution in [0.15, 0.2) is 0 Å². The standard InChI is InChI=1S/C12H19NO4/c1-8(2)17-12(16)10-4-6-13(9(3)14)7-5-11(10)15/h8,10H,4-7H2,1-3H3. The molecule has 1 amide bonds. The van der Waals surface area contributed by atoms with Gasteiger partial charge in [-0.15, -0.1) is 0 Å². The normalized spacial score (nSPS) is 21.3. The molecule has 1 aliphatic heterocycles. The summed E-state index contributed by atoms with van der Waals surface area (Å²) in [7, 11) is 0. The smallest absolute Gasteiger partial charge is 0.316 e. The van der Waals surface area contributed by atoms with E-state index in [-0.39, 0.29) is 24.2 Å². The van der Waals surface area contributed by atoms with Gasteiger partial charge >= 0.3 is 5.97 Å². The number of nitrogens with zero attached hydrogens (tertiary/aromatic N) is 1. The molecule has 0 spiro atoms. The second-order valence-electron chi connectivity index (χ2n) is 4.55. The van der Waals surface area contributed by atoms with Gasteiger partial charge in [-0.1, -0.05) is 0 Å². The molecule has 0 aromatic carbocycles. The number of hydrogen-bond donors (Lipinski definition) is 0. The van der Waals surface area contributed by atoms with Crippen molar-refractivity contribution in [1.29, 1.82) is 0 Å². The molecule has 96 valence electrons. The SMILES string of the molecule is CC(=O)N1CCC(=O)C(C(=O)OC(C)C)CC1. The molecule has 0 radical (unpaired) electrons. The van der Waals surface area contributed by atoms with Crippen LogP contribution in [-0.4, -0.2) is 41.8 Å². The molecule has 5 nitrogen and oxygen atoms in total. The highest BCUT2D eigenvalue weighted by molar-refractivity contribution is 5.99. The molecule has 5 heteroatoms. The van der Waals surface area contributed by atoms with E-state index in [9.17, 15) is 14.4 Å². The maximum atomic E-state index is 11.8. The van der Waals surface area contributed by atoms with E-state index in [0.29, 0.717) is 19.5 Å². The molecule has 0 aromatic heterocycles. The lowest BCUT2D eigenvalue weighted by atomic mass is 9.99. The number of esters is 1. The maximum absolute atomic E-state index is 11.8. The van der Waals surface area contributed by atoms with Gasteiger partial charge in [-0.25, -0.2) is 0 Å². The summed E-state index contributed by atoms with van der Waals surface area (Å²) in [4.78, 5) is 36.3. The molecule has 0 N–H and O–H groups in total. The Kier molecular flexibility index (Phi) is 4.66. The number of ether oxygens (including phenoxy) is 1. The first-order valence-electron chi connectivity index (χ1n) is 5.90. The topological polar surface area (TPSA) is 63.7 Å². The third-order valence-electron chi connectivity index (χ3n) is 2.79. The number of carbonyl (C=O) groups is 3. The van der Waals surface area contributed by atoms with Gasteiger partial charge in [-0.3, -0.25) is 14.4 Å². The Morgan fingerprint density at radius 3 is 2.53 bits per heavy atom. The van der Waals surface area contributed by atoms with Crippen molar-refractivity contribution in [1.82, 2.24) is 4.90 Å². The number of Topliss-reactive ketones (excluding diaryl/α,β-unsaturated/α-hetero) is 1. The molecule has 1 heterocycles. The van der Waals surface area contributed by atoms with Crippen molar-refractivity contribution >= 4 is 17.7 Å². The summed E-state index contributed by atoms with van der Waals surface area (Å²) in [5, 5.41) is 0.